The first kappa shape index (κ1) is 14.4. The van der Waals surface area contributed by atoms with Crippen LogP contribution >= 0.6 is 11.8 Å². The molecule has 0 bridgehead atoms. The first-order chi connectivity index (χ1) is 7.26. The van der Waals surface area contributed by atoms with E-state index in [1.54, 1.807) is 0 Å². The fourth-order valence-corrected chi connectivity index (χ4v) is 2.93. The third-order valence-corrected chi connectivity index (χ3v) is 5.29. The number of hydrogen-bond acceptors (Lipinski definition) is 2. The van der Waals surface area contributed by atoms with Gasteiger partial charge in [0, 0.05) is 17.3 Å². The molecule has 1 nitrogen and oxygen atoms in total. The summed E-state index contributed by atoms with van der Waals surface area (Å²) < 4.78 is 0.368. The van der Waals surface area contributed by atoms with Gasteiger partial charge in [-0.2, -0.15) is 11.8 Å². The Morgan fingerprint density at radius 3 is 2.50 bits per heavy atom. The summed E-state index contributed by atoms with van der Waals surface area (Å²) >= 11 is 1.95. The fraction of sp³-hybridized carbons (Fsp3) is 1.00. The van der Waals surface area contributed by atoms with Gasteiger partial charge in [0.2, 0.25) is 0 Å². The Labute approximate surface area is 106 Å². The van der Waals surface area contributed by atoms with Crippen LogP contribution in [0.15, 0.2) is 0 Å². The molecular weight excluding hydrogens is 214 g/mol. The van der Waals surface area contributed by atoms with Crippen molar-refractivity contribution in [3.05, 3.63) is 0 Å². The number of rotatable bonds is 4. The van der Waals surface area contributed by atoms with Crippen molar-refractivity contribution in [1.29, 1.82) is 0 Å². The Morgan fingerprint density at radius 1 is 1.38 bits per heavy atom. The van der Waals surface area contributed by atoms with Gasteiger partial charge in [-0.1, -0.05) is 20.8 Å². The van der Waals surface area contributed by atoms with Gasteiger partial charge in [-0.25, -0.2) is 0 Å². The normalized spacial score (nSPS) is 30.4. The average Bonchev–Trinajstić information content (AvgIpc) is 2.15. The molecule has 0 heterocycles. The Bertz CT molecular complexity index is 223. The minimum absolute atomic E-state index is 0.368. The van der Waals surface area contributed by atoms with E-state index in [1.807, 2.05) is 11.8 Å². The van der Waals surface area contributed by atoms with Gasteiger partial charge >= 0.3 is 0 Å². The second-order valence-electron chi connectivity index (χ2n) is 6.84. The molecule has 2 atom stereocenters. The van der Waals surface area contributed by atoms with Gasteiger partial charge < -0.3 is 5.32 Å². The minimum atomic E-state index is 0.368. The van der Waals surface area contributed by atoms with Crippen LogP contribution in [0.1, 0.15) is 53.9 Å². The molecule has 96 valence electrons. The van der Waals surface area contributed by atoms with Crippen molar-refractivity contribution in [2.45, 2.75) is 64.7 Å². The molecule has 1 aliphatic carbocycles. The fourth-order valence-electron chi connectivity index (χ4n) is 2.70. The zero-order valence-corrected chi connectivity index (χ0v) is 12.7. The van der Waals surface area contributed by atoms with Crippen LogP contribution in [0.3, 0.4) is 0 Å². The van der Waals surface area contributed by atoms with Crippen LogP contribution in [-0.2, 0) is 0 Å². The summed E-state index contributed by atoms with van der Waals surface area (Å²) in [5.41, 5.74) is 0.562. The standard InChI is InChI=1S/C14H29NS/c1-11-9-13(2,3)8-7-12(11)15-10-14(4,5)16-6/h11-12,15H,7-10H2,1-6H3. The smallest absolute Gasteiger partial charge is 0.0225 e. The van der Waals surface area contributed by atoms with Crippen molar-refractivity contribution < 1.29 is 0 Å². The third kappa shape index (κ3) is 4.29. The van der Waals surface area contributed by atoms with Crippen molar-refractivity contribution in [3.8, 4) is 0 Å². The first-order valence-corrected chi connectivity index (χ1v) is 7.77. The van der Waals surface area contributed by atoms with Gasteiger partial charge in [-0.15, -0.1) is 0 Å². The molecule has 1 rings (SSSR count). The highest BCUT2D eigenvalue weighted by molar-refractivity contribution is 7.99. The van der Waals surface area contributed by atoms with Crippen LogP contribution in [0.5, 0.6) is 0 Å². The van der Waals surface area contributed by atoms with Crippen molar-refractivity contribution in [2.24, 2.45) is 11.3 Å². The lowest BCUT2D eigenvalue weighted by molar-refractivity contribution is 0.148. The highest BCUT2D eigenvalue weighted by atomic mass is 32.2. The Hall–Kier alpha value is 0.310. The largest absolute Gasteiger partial charge is 0.312 e. The minimum Gasteiger partial charge on any atom is -0.312 e. The quantitative estimate of drug-likeness (QED) is 0.803. The van der Waals surface area contributed by atoms with Crippen molar-refractivity contribution in [2.75, 3.05) is 12.8 Å². The summed E-state index contributed by atoms with van der Waals surface area (Å²) in [7, 11) is 0. The summed E-state index contributed by atoms with van der Waals surface area (Å²) in [5.74, 6) is 0.821. The first-order valence-electron chi connectivity index (χ1n) is 6.54. The topological polar surface area (TPSA) is 12.0 Å². The summed E-state index contributed by atoms with van der Waals surface area (Å²) in [5, 5.41) is 3.78. The average molecular weight is 243 g/mol. The molecule has 0 radical (unpaired) electrons. The highest BCUT2D eigenvalue weighted by Gasteiger charge is 2.32. The molecule has 0 aromatic heterocycles. The number of thioether (sulfide) groups is 1. The number of hydrogen-bond donors (Lipinski definition) is 1. The highest BCUT2D eigenvalue weighted by Crippen LogP contribution is 2.38. The molecule has 0 amide bonds. The predicted octanol–water partition coefficient (Wildman–Crippen LogP) is 3.93. The molecule has 0 saturated heterocycles. The SMILES string of the molecule is CSC(C)(C)CNC1CCC(C)(C)CC1C. The van der Waals surface area contributed by atoms with Gasteiger partial charge in [0.05, 0.1) is 0 Å². The maximum atomic E-state index is 3.78. The lowest BCUT2D eigenvalue weighted by Crippen LogP contribution is -2.45. The van der Waals surface area contributed by atoms with Crippen LogP contribution in [0.4, 0.5) is 0 Å². The third-order valence-electron chi connectivity index (χ3n) is 4.04. The Balaban J connectivity index is 2.39. The second kappa shape index (κ2) is 5.30. The summed E-state index contributed by atoms with van der Waals surface area (Å²) in [6, 6.07) is 0.736. The maximum Gasteiger partial charge on any atom is 0.0225 e. The van der Waals surface area contributed by atoms with E-state index in [9.17, 15) is 0 Å². The molecule has 0 aliphatic heterocycles. The van der Waals surface area contributed by atoms with E-state index >= 15 is 0 Å². The summed E-state index contributed by atoms with van der Waals surface area (Å²) in [4.78, 5) is 0. The van der Waals surface area contributed by atoms with Gasteiger partial charge in [0.25, 0.3) is 0 Å². The van der Waals surface area contributed by atoms with E-state index in [1.165, 1.54) is 19.3 Å². The molecule has 1 fully saturated rings. The van der Waals surface area contributed by atoms with Crippen molar-refractivity contribution in [1.82, 2.24) is 5.32 Å². The zero-order chi connectivity index (χ0) is 12.4. The predicted molar refractivity (Wildman–Crippen MR) is 76.2 cm³/mol. The van der Waals surface area contributed by atoms with Gasteiger partial charge in [-0.3, -0.25) is 0 Å². The molecule has 2 heteroatoms. The Morgan fingerprint density at radius 2 is 2.00 bits per heavy atom. The van der Waals surface area contributed by atoms with Crippen LogP contribution in [0.2, 0.25) is 0 Å². The van der Waals surface area contributed by atoms with E-state index in [2.05, 4.69) is 46.2 Å². The van der Waals surface area contributed by atoms with Crippen LogP contribution in [0.25, 0.3) is 0 Å². The maximum absolute atomic E-state index is 3.78. The molecule has 1 saturated carbocycles. The number of nitrogens with one attached hydrogen (secondary N) is 1. The van der Waals surface area contributed by atoms with E-state index in [0.29, 0.717) is 10.2 Å². The Kier molecular flexibility index (Phi) is 4.76. The molecule has 1 aliphatic rings. The van der Waals surface area contributed by atoms with Crippen molar-refractivity contribution >= 4 is 11.8 Å². The van der Waals surface area contributed by atoms with Gasteiger partial charge in [0.1, 0.15) is 0 Å². The van der Waals surface area contributed by atoms with E-state index in [-0.39, 0.29) is 0 Å². The van der Waals surface area contributed by atoms with E-state index in [4.69, 9.17) is 0 Å². The van der Waals surface area contributed by atoms with Gasteiger partial charge in [-0.05, 0) is 50.7 Å². The molecule has 1 N–H and O–H groups in total. The molecule has 0 aromatic carbocycles. The molecule has 16 heavy (non-hydrogen) atoms. The molecule has 0 spiro atoms. The lowest BCUT2D eigenvalue weighted by atomic mass is 9.70. The van der Waals surface area contributed by atoms with E-state index < -0.39 is 0 Å². The van der Waals surface area contributed by atoms with Crippen LogP contribution in [0, 0.1) is 11.3 Å². The summed E-state index contributed by atoms with van der Waals surface area (Å²) in [6.45, 7) is 13.0. The monoisotopic (exact) mass is 243 g/mol. The van der Waals surface area contributed by atoms with E-state index in [0.717, 1.165) is 18.5 Å². The molecule has 0 aromatic rings. The lowest BCUT2D eigenvalue weighted by Gasteiger charge is -2.40. The molecular formula is C14H29NS. The van der Waals surface area contributed by atoms with Crippen LogP contribution in [-0.4, -0.2) is 23.6 Å². The molecule has 2 unspecified atom stereocenters. The van der Waals surface area contributed by atoms with Crippen molar-refractivity contribution in [3.63, 3.8) is 0 Å². The zero-order valence-electron chi connectivity index (χ0n) is 11.9. The van der Waals surface area contributed by atoms with Crippen LogP contribution < -0.4 is 5.32 Å². The van der Waals surface area contributed by atoms with Gasteiger partial charge in [0.15, 0.2) is 0 Å². The summed E-state index contributed by atoms with van der Waals surface area (Å²) in [6.07, 6.45) is 6.28. The second-order valence-corrected chi connectivity index (χ2v) is 8.35.